The third-order valence-corrected chi connectivity index (χ3v) is 7.71. The van der Waals surface area contributed by atoms with Crippen LogP contribution in [0.1, 0.15) is 35.1 Å². The lowest BCUT2D eigenvalue weighted by Gasteiger charge is -2.46. The monoisotopic (exact) mass is 532 g/mol. The van der Waals surface area contributed by atoms with E-state index in [1.807, 2.05) is 0 Å². The maximum Gasteiger partial charge on any atom is 0.255 e. The quantitative estimate of drug-likeness (QED) is 0.290. The molecule has 0 radical (unpaired) electrons. The second-order valence-corrected chi connectivity index (χ2v) is 10.2. The zero-order valence-electron chi connectivity index (χ0n) is 21.1. The van der Waals surface area contributed by atoms with Gasteiger partial charge in [0.15, 0.2) is 11.4 Å². The van der Waals surface area contributed by atoms with Gasteiger partial charge in [-0.2, -0.15) is 0 Å². The molecule has 0 aromatic heterocycles. The molecule has 10 heteroatoms. The summed E-state index contributed by atoms with van der Waals surface area (Å²) in [6, 6.07) is 7.08. The first-order valence-corrected chi connectivity index (χ1v) is 12.2. The van der Waals surface area contributed by atoms with Gasteiger partial charge < -0.3 is 31.1 Å². The largest absolute Gasteiger partial charge is 0.508 e. The van der Waals surface area contributed by atoms with E-state index in [0.29, 0.717) is 16.8 Å². The Balaban J connectivity index is 1.69. The number of carbonyl (C=O) groups excluding carboxylic acids is 3. The Morgan fingerprint density at radius 3 is 2.38 bits per heavy atom. The number of ketones is 2. The number of aromatic hydroxyl groups is 1. The molecule has 3 unspecified atom stereocenters. The lowest BCUT2D eigenvalue weighted by atomic mass is 9.59. The van der Waals surface area contributed by atoms with Gasteiger partial charge in [-0.3, -0.25) is 14.4 Å². The molecule has 0 saturated heterocycles. The number of primary amides is 1. The van der Waals surface area contributed by atoms with Gasteiger partial charge in [0.2, 0.25) is 5.78 Å². The van der Waals surface area contributed by atoms with Crippen molar-refractivity contribution in [3.8, 4) is 17.6 Å². The van der Waals surface area contributed by atoms with E-state index in [4.69, 9.17) is 5.73 Å². The third-order valence-electron chi connectivity index (χ3n) is 7.71. The van der Waals surface area contributed by atoms with Crippen LogP contribution in [0, 0.1) is 29.5 Å². The number of amides is 1. The maximum atomic E-state index is 13.7. The summed E-state index contributed by atoms with van der Waals surface area (Å²) in [6.45, 7) is 0. The van der Waals surface area contributed by atoms with Crippen molar-refractivity contribution in [3.05, 3.63) is 75.3 Å². The van der Waals surface area contributed by atoms with Crippen molar-refractivity contribution in [2.45, 2.75) is 24.9 Å². The van der Waals surface area contributed by atoms with E-state index in [-0.39, 0.29) is 36.0 Å². The number of fused-ring (bicyclic) bond motifs is 3. The predicted octanol–water partition coefficient (Wildman–Crippen LogP) is 2.03. The van der Waals surface area contributed by atoms with Crippen LogP contribution in [0.25, 0.3) is 5.76 Å². The van der Waals surface area contributed by atoms with Gasteiger partial charge in [0, 0.05) is 43.3 Å². The predicted molar refractivity (Wildman–Crippen MR) is 138 cm³/mol. The Hall–Kier alpha value is -4.62. The lowest BCUT2D eigenvalue weighted by molar-refractivity contribution is -0.147. The van der Waals surface area contributed by atoms with E-state index >= 15 is 0 Å². The van der Waals surface area contributed by atoms with Gasteiger partial charge in [-0.05, 0) is 54.7 Å². The Bertz CT molecular complexity index is 1590. The van der Waals surface area contributed by atoms with Gasteiger partial charge in [-0.1, -0.05) is 11.8 Å². The average Bonchev–Trinajstić information content (AvgIpc) is 2.86. The van der Waals surface area contributed by atoms with Crippen molar-refractivity contribution in [1.82, 2.24) is 0 Å². The third kappa shape index (κ3) is 3.85. The SMILES string of the molecule is CN(C)c1cc(C#Cc2ccc(F)cc2)c(O)c2c1CC1CC3CC(=O)C(C(N)=O)=C(O)C3(O)C(=O)C1=C2O. The second-order valence-electron chi connectivity index (χ2n) is 10.2. The number of rotatable bonds is 2. The Kier molecular flexibility index (Phi) is 6.00. The molecule has 3 atom stereocenters. The fraction of sp³-hybridized carbons (Fsp3) is 0.276. The van der Waals surface area contributed by atoms with E-state index in [2.05, 4.69) is 11.8 Å². The fourth-order valence-corrected chi connectivity index (χ4v) is 5.84. The molecule has 1 fully saturated rings. The zero-order valence-corrected chi connectivity index (χ0v) is 21.1. The van der Waals surface area contributed by atoms with Crippen LogP contribution in [0.4, 0.5) is 10.1 Å². The standard InChI is InChI=1S/C29H25FN2O7/c1-32(2)19-11-14(6-3-13-4-7-17(30)8-5-13)24(34)22-18(19)10-15-9-16-12-20(33)23(28(31)38)27(37)29(16,39)26(36)21(15)25(22)35/h4-5,7-8,11,15-16,34-35,37,39H,9-10,12H2,1-2H3,(H2,31,38). The molecule has 3 aliphatic carbocycles. The normalized spacial score (nSPS) is 23.9. The van der Waals surface area contributed by atoms with E-state index < -0.39 is 63.6 Å². The Morgan fingerprint density at radius 1 is 1.10 bits per heavy atom. The highest BCUT2D eigenvalue weighted by atomic mass is 19.1. The van der Waals surface area contributed by atoms with Crippen LogP contribution >= 0.6 is 0 Å². The van der Waals surface area contributed by atoms with Gasteiger partial charge in [-0.15, -0.1) is 0 Å². The maximum absolute atomic E-state index is 13.7. The molecule has 2 aromatic rings. The molecule has 0 heterocycles. The Morgan fingerprint density at radius 2 is 1.77 bits per heavy atom. The number of hydrogen-bond donors (Lipinski definition) is 5. The first-order chi connectivity index (χ1) is 18.4. The van der Waals surface area contributed by atoms with Crippen LogP contribution < -0.4 is 10.6 Å². The van der Waals surface area contributed by atoms with Gasteiger partial charge in [0.05, 0.1) is 11.1 Å². The summed E-state index contributed by atoms with van der Waals surface area (Å²) in [5.74, 6) is -1.66. The van der Waals surface area contributed by atoms with Crippen molar-refractivity contribution in [2.24, 2.45) is 17.6 Å². The molecule has 0 bridgehead atoms. The highest BCUT2D eigenvalue weighted by molar-refractivity contribution is 6.22. The molecule has 5 rings (SSSR count). The topological polar surface area (TPSA) is 161 Å². The van der Waals surface area contributed by atoms with Crippen LogP contribution in [-0.4, -0.2) is 57.6 Å². The molecule has 0 aliphatic heterocycles. The minimum Gasteiger partial charge on any atom is -0.508 e. The van der Waals surface area contributed by atoms with Crippen LogP contribution in [-0.2, 0) is 20.8 Å². The molecule has 0 spiro atoms. The minimum atomic E-state index is -2.63. The summed E-state index contributed by atoms with van der Waals surface area (Å²) in [5, 5.41) is 44.7. The summed E-state index contributed by atoms with van der Waals surface area (Å²) >= 11 is 0. The lowest BCUT2D eigenvalue weighted by Crippen LogP contribution is -2.58. The number of Topliss-reactive ketones (excluding diaryl/α,β-unsaturated/α-hetero) is 2. The first-order valence-electron chi connectivity index (χ1n) is 12.2. The zero-order chi connectivity index (χ0) is 28.4. The number of benzene rings is 2. The molecule has 1 amide bonds. The summed E-state index contributed by atoms with van der Waals surface area (Å²) in [4.78, 5) is 39.8. The van der Waals surface area contributed by atoms with Gasteiger partial charge in [0.1, 0.15) is 28.7 Å². The number of hydrogen-bond acceptors (Lipinski definition) is 8. The number of aliphatic hydroxyl groups excluding tert-OH is 2. The van der Waals surface area contributed by atoms with Crippen LogP contribution in [0.5, 0.6) is 5.75 Å². The number of phenols is 1. The summed E-state index contributed by atoms with van der Waals surface area (Å²) in [7, 11) is 3.53. The van der Waals surface area contributed by atoms with Gasteiger partial charge >= 0.3 is 0 Å². The number of nitrogens with two attached hydrogens (primary N) is 1. The van der Waals surface area contributed by atoms with Crippen molar-refractivity contribution in [2.75, 3.05) is 19.0 Å². The highest BCUT2D eigenvalue weighted by Crippen LogP contribution is 2.53. The number of anilines is 1. The highest BCUT2D eigenvalue weighted by Gasteiger charge is 2.60. The number of aliphatic hydroxyl groups is 3. The molecule has 39 heavy (non-hydrogen) atoms. The first kappa shape index (κ1) is 26.0. The summed E-state index contributed by atoms with van der Waals surface area (Å²) in [6.07, 6.45) is -0.157. The van der Waals surface area contributed by atoms with Gasteiger partial charge in [-0.25, -0.2) is 4.39 Å². The van der Waals surface area contributed by atoms with Crippen molar-refractivity contribution < 1.29 is 39.2 Å². The molecule has 3 aliphatic rings. The molecule has 2 aromatic carbocycles. The summed E-state index contributed by atoms with van der Waals surface area (Å²) < 4.78 is 13.3. The number of phenolic OH excluding ortho intramolecular Hbond substituents is 1. The average molecular weight is 533 g/mol. The van der Waals surface area contributed by atoms with E-state index in [1.165, 1.54) is 24.3 Å². The van der Waals surface area contributed by atoms with Crippen molar-refractivity contribution in [1.29, 1.82) is 0 Å². The van der Waals surface area contributed by atoms with E-state index in [0.717, 1.165) is 0 Å². The summed E-state index contributed by atoms with van der Waals surface area (Å²) in [5.41, 5.74) is 3.25. The van der Waals surface area contributed by atoms with E-state index in [9.17, 15) is 39.2 Å². The van der Waals surface area contributed by atoms with Crippen LogP contribution in [0.2, 0.25) is 0 Å². The molecule has 1 saturated carbocycles. The molecule has 9 nitrogen and oxygen atoms in total. The Labute approximate surface area is 222 Å². The number of halogens is 1. The molecule has 6 N–H and O–H groups in total. The van der Waals surface area contributed by atoms with Gasteiger partial charge in [0.25, 0.3) is 5.91 Å². The van der Waals surface area contributed by atoms with Crippen molar-refractivity contribution >= 4 is 28.9 Å². The van der Waals surface area contributed by atoms with Crippen LogP contribution in [0.3, 0.4) is 0 Å². The fourth-order valence-electron chi connectivity index (χ4n) is 5.84. The van der Waals surface area contributed by atoms with Crippen LogP contribution in [0.15, 0.2) is 47.2 Å². The smallest absolute Gasteiger partial charge is 0.255 e. The second kappa shape index (κ2) is 8.99. The molecule has 200 valence electrons. The minimum absolute atomic E-state index is 0.0443. The molecular weight excluding hydrogens is 507 g/mol. The molecular formula is C29H25FN2O7. The van der Waals surface area contributed by atoms with Crippen molar-refractivity contribution in [3.63, 3.8) is 0 Å². The number of carbonyl (C=O) groups is 3. The van der Waals surface area contributed by atoms with E-state index in [1.54, 1.807) is 25.1 Å². The number of nitrogens with zero attached hydrogens (tertiary/aromatic N) is 1.